The van der Waals surface area contributed by atoms with Crippen LogP contribution in [0.5, 0.6) is 11.6 Å². The van der Waals surface area contributed by atoms with Gasteiger partial charge in [-0.2, -0.15) is 10.1 Å². The van der Waals surface area contributed by atoms with Gasteiger partial charge in [0.15, 0.2) is 5.65 Å². The fourth-order valence-corrected chi connectivity index (χ4v) is 4.19. The molecule has 0 spiro atoms. The molecule has 2 aromatic carbocycles. The lowest BCUT2D eigenvalue weighted by atomic mass is 10.0. The monoisotopic (exact) mass is 458 g/mol. The van der Waals surface area contributed by atoms with Crippen LogP contribution in [0.15, 0.2) is 48.5 Å². The molecule has 176 valence electrons. The molecule has 4 aromatic rings. The second-order valence-corrected chi connectivity index (χ2v) is 8.21. The lowest BCUT2D eigenvalue weighted by Gasteiger charge is -2.14. The molecule has 0 radical (unpaired) electrons. The van der Waals surface area contributed by atoms with E-state index >= 15 is 0 Å². The Morgan fingerprint density at radius 1 is 1.06 bits per heavy atom. The fraction of sp³-hybridized carbons (Fsp3) is 0.296. The molecule has 7 nitrogen and oxygen atoms in total. The maximum absolute atomic E-state index is 12.7. The molecule has 7 heteroatoms. The molecule has 2 heterocycles. The number of aryl methyl sites for hydroxylation is 3. The van der Waals surface area contributed by atoms with Gasteiger partial charge in [0.25, 0.3) is 0 Å². The first kappa shape index (κ1) is 23.3. The van der Waals surface area contributed by atoms with Gasteiger partial charge in [-0.1, -0.05) is 18.2 Å². The van der Waals surface area contributed by atoms with Gasteiger partial charge in [-0.15, -0.1) is 0 Å². The fourth-order valence-electron chi connectivity index (χ4n) is 4.19. The number of nitrogens with one attached hydrogen (secondary N) is 1. The second-order valence-electron chi connectivity index (χ2n) is 8.21. The van der Waals surface area contributed by atoms with E-state index in [4.69, 9.17) is 19.6 Å². The Bertz CT molecular complexity index is 1330. The predicted octanol–water partition coefficient (Wildman–Crippen LogP) is 5.32. The molecule has 1 N–H and O–H groups in total. The maximum Gasteiger partial charge on any atom is 0.224 e. The van der Waals surface area contributed by atoms with Gasteiger partial charge in [0.2, 0.25) is 11.8 Å². The summed E-state index contributed by atoms with van der Waals surface area (Å²) in [5.74, 6) is 1.23. The van der Waals surface area contributed by atoms with Gasteiger partial charge < -0.3 is 14.8 Å². The lowest BCUT2D eigenvalue weighted by Crippen LogP contribution is -2.13. The largest absolute Gasteiger partial charge is 0.497 e. The summed E-state index contributed by atoms with van der Waals surface area (Å²) in [6.45, 7) is 8.53. The van der Waals surface area contributed by atoms with E-state index in [-0.39, 0.29) is 5.91 Å². The number of aromatic nitrogens is 3. The van der Waals surface area contributed by atoms with Crippen LogP contribution in [0, 0.1) is 20.8 Å². The number of hydrogen-bond donors (Lipinski definition) is 1. The van der Waals surface area contributed by atoms with E-state index < -0.39 is 0 Å². The van der Waals surface area contributed by atoms with E-state index in [1.807, 2.05) is 61.0 Å². The van der Waals surface area contributed by atoms with E-state index in [1.54, 1.807) is 7.11 Å². The number of hydrogen-bond acceptors (Lipinski definition) is 5. The highest BCUT2D eigenvalue weighted by molar-refractivity contribution is 5.91. The third kappa shape index (κ3) is 4.59. The zero-order valence-corrected chi connectivity index (χ0v) is 20.3. The number of pyridine rings is 1. The van der Waals surface area contributed by atoms with Crippen molar-refractivity contribution in [3.8, 4) is 17.3 Å². The van der Waals surface area contributed by atoms with Crippen molar-refractivity contribution in [3.05, 3.63) is 70.9 Å². The van der Waals surface area contributed by atoms with E-state index in [1.165, 1.54) is 0 Å². The van der Waals surface area contributed by atoms with Crippen molar-refractivity contribution < 1.29 is 14.3 Å². The molecule has 0 saturated heterocycles. The van der Waals surface area contributed by atoms with Crippen LogP contribution in [-0.2, 0) is 11.2 Å². The number of fused-ring (bicyclic) bond motifs is 1. The standard InChI is InChI=1S/C27H30N4O3/c1-6-34-27-22(15-16-24(32)28-20-11-13-21(33-5)14-12-20)18(3)25-19(4)30-31(26(25)29-27)23-10-8-7-9-17(23)2/h7-14H,6,15-16H2,1-5H3,(H,28,32). The van der Waals surface area contributed by atoms with Crippen molar-refractivity contribution in [2.75, 3.05) is 19.0 Å². The van der Waals surface area contributed by atoms with Crippen molar-refractivity contribution in [3.63, 3.8) is 0 Å². The van der Waals surface area contributed by atoms with Crippen molar-refractivity contribution in [2.24, 2.45) is 0 Å². The van der Waals surface area contributed by atoms with Crippen LogP contribution in [-0.4, -0.2) is 34.4 Å². The number of para-hydroxylation sites is 1. The molecular formula is C27H30N4O3. The molecule has 0 atom stereocenters. The molecule has 0 bridgehead atoms. The van der Waals surface area contributed by atoms with Crippen LogP contribution in [0.25, 0.3) is 16.7 Å². The smallest absolute Gasteiger partial charge is 0.224 e. The highest BCUT2D eigenvalue weighted by Gasteiger charge is 2.21. The molecule has 2 aromatic heterocycles. The summed E-state index contributed by atoms with van der Waals surface area (Å²) >= 11 is 0. The van der Waals surface area contributed by atoms with Gasteiger partial charge in [-0.05, 0) is 75.6 Å². The molecule has 4 rings (SSSR count). The SMILES string of the molecule is CCOc1nc2c(c(C)nn2-c2ccccc2C)c(C)c1CCC(=O)Nc1ccc(OC)cc1. The van der Waals surface area contributed by atoms with Crippen LogP contribution >= 0.6 is 0 Å². The molecule has 0 aliphatic carbocycles. The van der Waals surface area contributed by atoms with Crippen LogP contribution in [0.4, 0.5) is 5.69 Å². The summed E-state index contributed by atoms with van der Waals surface area (Å²) in [4.78, 5) is 17.5. The Kier molecular flexibility index (Phi) is 6.82. The van der Waals surface area contributed by atoms with E-state index in [0.717, 1.165) is 50.5 Å². The summed E-state index contributed by atoms with van der Waals surface area (Å²) in [6, 6.07) is 15.4. The molecular weight excluding hydrogens is 428 g/mol. The maximum atomic E-state index is 12.7. The van der Waals surface area contributed by atoms with E-state index in [9.17, 15) is 4.79 Å². The first-order valence-corrected chi connectivity index (χ1v) is 11.4. The predicted molar refractivity (Wildman–Crippen MR) is 134 cm³/mol. The van der Waals surface area contributed by atoms with Gasteiger partial charge in [-0.3, -0.25) is 4.79 Å². The topological polar surface area (TPSA) is 78.3 Å². The van der Waals surface area contributed by atoms with Crippen molar-refractivity contribution in [2.45, 2.75) is 40.5 Å². The summed E-state index contributed by atoms with van der Waals surface area (Å²) < 4.78 is 13.0. The number of anilines is 1. The summed E-state index contributed by atoms with van der Waals surface area (Å²) in [5, 5.41) is 8.74. The summed E-state index contributed by atoms with van der Waals surface area (Å²) in [7, 11) is 1.61. The average molecular weight is 459 g/mol. The Balaban J connectivity index is 1.65. The van der Waals surface area contributed by atoms with Crippen molar-refractivity contribution in [1.29, 1.82) is 0 Å². The van der Waals surface area contributed by atoms with Gasteiger partial charge in [0.05, 0.1) is 25.1 Å². The second kappa shape index (κ2) is 9.95. The highest BCUT2D eigenvalue weighted by Crippen LogP contribution is 2.32. The van der Waals surface area contributed by atoms with Crippen molar-refractivity contribution in [1.82, 2.24) is 14.8 Å². The highest BCUT2D eigenvalue weighted by atomic mass is 16.5. The van der Waals surface area contributed by atoms with Crippen molar-refractivity contribution >= 4 is 22.6 Å². The summed E-state index contributed by atoms with van der Waals surface area (Å²) in [6.07, 6.45) is 0.826. The minimum Gasteiger partial charge on any atom is -0.497 e. The quantitative estimate of drug-likeness (QED) is 0.386. The average Bonchev–Trinajstić information content (AvgIpc) is 3.16. The Morgan fingerprint density at radius 2 is 1.79 bits per heavy atom. The number of rotatable bonds is 8. The van der Waals surface area contributed by atoms with Crippen LogP contribution in [0.3, 0.4) is 0 Å². The molecule has 0 saturated carbocycles. The van der Waals surface area contributed by atoms with E-state index in [0.29, 0.717) is 25.3 Å². The Morgan fingerprint density at radius 3 is 2.47 bits per heavy atom. The van der Waals surface area contributed by atoms with E-state index in [2.05, 4.69) is 25.2 Å². The number of carbonyl (C=O) groups is 1. The molecule has 1 amide bonds. The number of ether oxygens (including phenoxy) is 2. The third-order valence-electron chi connectivity index (χ3n) is 5.93. The number of amides is 1. The molecule has 34 heavy (non-hydrogen) atoms. The summed E-state index contributed by atoms with van der Waals surface area (Å²) in [5.41, 5.74) is 6.48. The first-order valence-electron chi connectivity index (χ1n) is 11.4. The molecule has 0 aliphatic heterocycles. The molecule has 0 aliphatic rings. The number of nitrogens with zero attached hydrogens (tertiary/aromatic N) is 3. The molecule has 0 fully saturated rings. The van der Waals surface area contributed by atoms with Crippen LogP contribution < -0.4 is 14.8 Å². The zero-order valence-electron chi connectivity index (χ0n) is 20.3. The van der Waals surface area contributed by atoms with Gasteiger partial charge in [-0.25, -0.2) is 4.68 Å². The first-order chi connectivity index (χ1) is 16.4. The zero-order chi connectivity index (χ0) is 24.2. The number of methoxy groups -OCH3 is 1. The third-order valence-corrected chi connectivity index (χ3v) is 5.93. The lowest BCUT2D eigenvalue weighted by molar-refractivity contribution is -0.116. The van der Waals surface area contributed by atoms with Gasteiger partial charge in [0.1, 0.15) is 5.75 Å². The number of carbonyl (C=O) groups excluding carboxylic acids is 1. The normalized spacial score (nSPS) is 11.0. The Hall–Kier alpha value is -3.87. The van der Waals surface area contributed by atoms with Gasteiger partial charge >= 0.3 is 0 Å². The van der Waals surface area contributed by atoms with Crippen LogP contribution in [0.1, 0.15) is 35.7 Å². The number of benzene rings is 2. The Labute approximate surface area is 199 Å². The molecule has 0 unspecified atom stereocenters. The minimum absolute atomic E-state index is 0.0700. The minimum atomic E-state index is -0.0700. The van der Waals surface area contributed by atoms with Gasteiger partial charge in [0, 0.05) is 23.1 Å². The van der Waals surface area contributed by atoms with Crippen LogP contribution in [0.2, 0.25) is 0 Å².